The summed E-state index contributed by atoms with van der Waals surface area (Å²) in [6, 6.07) is 13.7. The van der Waals surface area contributed by atoms with Gasteiger partial charge in [0.15, 0.2) is 0 Å². The Bertz CT molecular complexity index is 1250. The second-order valence-electron chi connectivity index (χ2n) is 5.83. The first-order valence-corrected chi connectivity index (χ1v) is 9.83. The van der Waals surface area contributed by atoms with Gasteiger partial charge < -0.3 is 10.3 Å². The molecule has 0 unspecified atom stereocenters. The third kappa shape index (κ3) is 3.37. The van der Waals surface area contributed by atoms with Crippen LogP contribution in [0.5, 0.6) is 0 Å². The molecule has 0 saturated carbocycles. The highest BCUT2D eigenvalue weighted by atomic mass is 35.5. The highest BCUT2D eigenvalue weighted by Gasteiger charge is 2.15. The molecule has 0 bridgehead atoms. The molecule has 0 radical (unpaired) electrons. The number of hydrogen-bond acceptors (Lipinski definition) is 5. The molecule has 0 amide bonds. The lowest BCUT2D eigenvalue weighted by atomic mass is 10.1. The van der Waals surface area contributed by atoms with Crippen molar-refractivity contribution in [2.45, 2.75) is 4.90 Å². The van der Waals surface area contributed by atoms with Crippen LogP contribution in [0.25, 0.3) is 22.2 Å². The van der Waals surface area contributed by atoms with E-state index in [1.165, 1.54) is 18.5 Å². The molecule has 0 aliphatic carbocycles. The van der Waals surface area contributed by atoms with E-state index in [0.29, 0.717) is 22.2 Å². The second kappa shape index (κ2) is 6.66. The summed E-state index contributed by atoms with van der Waals surface area (Å²) in [6.07, 6.45) is 3.23. The number of anilines is 2. The van der Waals surface area contributed by atoms with Crippen molar-refractivity contribution in [3.05, 3.63) is 66.1 Å². The molecule has 0 atom stereocenters. The lowest BCUT2D eigenvalue weighted by Gasteiger charge is -2.10. The van der Waals surface area contributed by atoms with Gasteiger partial charge in [0.1, 0.15) is 17.8 Å². The Balaban J connectivity index is 1.84. The number of nitrogens with zero attached hydrogens (tertiary/aromatic N) is 2. The van der Waals surface area contributed by atoms with Crippen LogP contribution >= 0.6 is 11.6 Å². The van der Waals surface area contributed by atoms with Crippen molar-refractivity contribution < 1.29 is 8.42 Å². The number of nitrogens with one attached hydrogen (secondary N) is 2. The molecule has 9 heteroatoms. The number of primary sulfonamides is 1. The van der Waals surface area contributed by atoms with E-state index in [4.69, 9.17) is 16.7 Å². The first-order valence-electron chi connectivity index (χ1n) is 7.90. The van der Waals surface area contributed by atoms with Crippen LogP contribution < -0.4 is 10.5 Å². The minimum atomic E-state index is -3.80. The fraction of sp³-hybridized carbons (Fsp3) is 0. The number of rotatable bonds is 4. The number of nitrogens with two attached hydrogens (primary N) is 1. The molecule has 4 N–H and O–H groups in total. The van der Waals surface area contributed by atoms with Crippen LogP contribution in [0.15, 0.2) is 66.0 Å². The largest absolute Gasteiger partial charge is 0.345 e. The van der Waals surface area contributed by atoms with Crippen molar-refractivity contribution in [3.8, 4) is 11.1 Å². The molecule has 0 spiro atoms. The minimum Gasteiger partial charge on any atom is -0.345 e. The molecular weight excluding hydrogens is 386 g/mol. The molecule has 7 nitrogen and oxygen atoms in total. The smallest absolute Gasteiger partial charge is 0.238 e. The summed E-state index contributed by atoms with van der Waals surface area (Å²) in [5.74, 6) is 0.516. The van der Waals surface area contributed by atoms with Crippen LogP contribution in [0.4, 0.5) is 11.5 Å². The number of fused-ring (bicyclic) bond motifs is 1. The molecule has 0 aliphatic heterocycles. The van der Waals surface area contributed by atoms with Gasteiger partial charge in [0.2, 0.25) is 10.0 Å². The van der Waals surface area contributed by atoms with Gasteiger partial charge in [0.25, 0.3) is 0 Å². The Labute approximate surface area is 160 Å². The fourth-order valence-electron chi connectivity index (χ4n) is 2.84. The molecule has 2 aromatic heterocycles. The number of benzene rings is 2. The third-order valence-electron chi connectivity index (χ3n) is 4.06. The van der Waals surface area contributed by atoms with Gasteiger partial charge in [-0.25, -0.2) is 23.5 Å². The van der Waals surface area contributed by atoms with Crippen LogP contribution in [-0.2, 0) is 10.0 Å². The quantitative estimate of drug-likeness (QED) is 0.484. The summed E-state index contributed by atoms with van der Waals surface area (Å²) >= 11 is 6.34. The summed E-state index contributed by atoms with van der Waals surface area (Å²) in [7, 11) is -3.80. The summed E-state index contributed by atoms with van der Waals surface area (Å²) in [5.41, 5.74) is 2.83. The van der Waals surface area contributed by atoms with Crippen molar-refractivity contribution in [2.24, 2.45) is 5.14 Å². The normalized spacial score (nSPS) is 11.6. The highest BCUT2D eigenvalue weighted by Crippen LogP contribution is 2.36. The number of aromatic nitrogens is 3. The molecule has 4 rings (SSSR count). The predicted molar refractivity (Wildman–Crippen MR) is 105 cm³/mol. The number of hydrogen-bond donors (Lipinski definition) is 3. The van der Waals surface area contributed by atoms with Crippen LogP contribution in [0, 0.1) is 0 Å². The lowest BCUT2D eigenvalue weighted by Crippen LogP contribution is -2.12. The molecule has 27 heavy (non-hydrogen) atoms. The van der Waals surface area contributed by atoms with Crippen LogP contribution in [0.3, 0.4) is 0 Å². The third-order valence-corrected chi connectivity index (χ3v) is 5.30. The SMILES string of the molecule is NS(=O)(=O)c1cccc(Nc2ncnc3[nH]cc(-c4ccccc4Cl)c23)c1. The van der Waals surface area contributed by atoms with E-state index < -0.39 is 10.0 Å². The topological polar surface area (TPSA) is 114 Å². The van der Waals surface area contributed by atoms with E-state index in [2.05, 4.69) is 20.3 Å². The average molecular weight is 400 g/mol. The average Bonchev–Trinajstić information content (AvgIpc) is 3.07. The van der Waals surface area contributed by atoms with E-state index in [0.717, 1.165) is 16.5 Å². The predicted octanol–water partition coefficient (Wildman–Crippen LogP) is 3.67. The summed E-state index contributed by atoms with van der Waals surface area (Å²) in [4.78, 5) is 11.7. The first kappa shape index (κ1) is 17.5. The zero-order chi connectivity index (χ0) is 19.0. The molecule has 136 valence electrons. The first-order chi connectivity index (χ1) is 12.9. The van der Waals surface area contributed by atoms with Crippen molar-refractivity contribution in [1.29, 1.82) is 0 Å². The van der Waals surface area contributed by atoms with Gasteiger partial charge in [0.05, 0.1) is 10.3 Å². The second-order valence-corrected chi connectivity index (χ2v) is 7.79. The van der Waals surface area contributed by atoms with Gasteiger partial charge in [0, 0.05) is 28.0 Å². The lowest BCUT2D eigenvalue weighted by molar-refractivity contribution is 0.598. The molecular formula is C18H14ClN5O2S. The van der Waals surface area contributed by atoms with Crippen LogP contribution in [0.1, 0.15) is 0 Å². The van der Waals surface area contributed by atoms with Crippen molar-refractivity contribution in [2.75, 3.05) is 5.32 Å². The number of halogens is 1. The Hall–Kier alpha value is -2.94. The summed E-state index contributed by atoms with van der Waals surface area (Å²) < 4.78 is 23.2. The monoisotopic (exact) mass is 399 g/mol. The maximum atomic E-state index is 11.6. The van der Waals surface area contributed by atoms with E-state index in [-0.39, 0.29) is 4.90 Å². The Morgan fingerprint density at radius 3 is 2.63 bits per heavy atom. The molecule has 4 aromatic rings. The molecule has 2 heterocycles. The Kier molecular flexibility index (Phi) is 4.31. The van der Waals surface area contributed by atoms with E-state index in [9.17, 15) is 8.42 Å². The van der Waals surface area contributed by atoms with E-state index >= 15 is 0 Å². The van der Waals surface area contributed by atoms with Gasteiger partial charge in [-0.3, -0.25) is 0 Å². The van der Waals surface area contributed by atoms with Gasteiger partial charge in [-0.15, -0.1) is 0 Å². The standard InChI is InChI=1S/C18H14ClN5O2S/c19-15-7-2-1-6-13(15)14-9-21-17-16(14)18(23-10-22-17)24-11-4-3-5-12(8-11)27(20,25)26/h1-10H,(H2,20,25,26)(H2,21,22,23,24). The van der Waals surface area contributed by atoms with Gasteiger partial charge >= 0.3 is 0 Å². The molecule has 0 fully saturated rings. The zero-order valence-electron chi connectivity index (χ0n) is 13.8. The number of H-pyrrole nitrogens is 1. The summed E-state index contributed by atoms with van der Waals surface area (Å²) in [6.45, 7) is 0. The van der Waals surface area contributed by atoms with Crippen LogP contribution in [-0.4, -0.2) is 23.4 Å². The van der Waals surface area contributed by atoms with Crippen molar-refractivity contribution in [1.82, 2.24) is 15.0 Å². The van der Waals surface area contributed by atoms with E-state index in [1.807, 2.05) is 30.5 Å². The summed E-state index contributed by atoms with van der Waals surface area (Å²) in [5, 5.41) is 9.69. The van der Waals surface area contributed by atoms with Gasteiger partial charge in [-0.1, -0.05) is 35.9 Å². The Morgan fingerprint density at radius 1 is 1.04 bits per heavy atom. The van der Waals surface area contributed by atoms with E-state index in [1.54, 1.807) is 12.1 Å². The maximum Gasteiger partial charge on any atom is 0.238 e. The Morgan fingerprint density at radius 2 is 1.85 bits per heavy atom. The maximum absolute atomic E-state index is 11.6. The van der Waals surface area contributed by atoms with Crippen molar-refractivity contribution in [3.63, 3.8) is 0 Å². The minimum absolute atomic E-state index is 0.0122. The zero-order valence-corrected chi connectivity index (χ0v) is 15.4. The van der Waals surface area contributed by atoms with Crippen LogP contribution in [0.2, 0.25) is 5.02 Å². The molecule has 2 aromatic carbocycles. The van der Waals surface area contributed by atoms with Gasteiger partial charge in [-0.05, 0) is 24.3 Å². The fourth-order valence-corrected chi connectivity index (χ4v) is 3.63. The van der Waals surface area contributed by atoms with Gasteiger partial charge in [-0.2, -0.15) is 0 Å². The van der Waals surface area contributed by atoms with Crippen molar-refractivity contribution >= 4 is 44.2 Å². The highest BCUT2D eigenvalue weighted by molar-refractivity contribution is 7.89. The number of aromatic amines is 1. The molecule has 0 aliphatic rings. The molecule has 0 saturated heterocycles. The number of sulfonamides is 1.